The van der Waals surface area contributed by atoms with Gasteiger partial charge in [-0.3, -0.25) is 0 Å². The van der Waals surface area contributed by atoms with E-state index in [9.17, 15) is 0 Å². The van der Waals surface area contributed by atoms with Gasteiger partial charge in [-0.15, -0.1) is 0 Å². The Morgan fingerprint density at radius 3 is 2.05 bits per heavy atom. The topological polar surface area (TPSA) is 30.9 Å². The number of para-hydroxylation sites is 1. The SMILES string of the molecule is CCN(CCC[Si](OC)(OC)OC)c1ccccc1. The van der Waals surface area contributed by atoms with Crippen molar-refractivity contribution in [3.05, 3.63) is 30.3 Å². The molecule has 0 aliphatic carbocycles. The predicted molar refractivity (Wildman–Crippen MR) is 80.5 cm³/mol. The quantitative estimate of drug-likeness (QED) is 0.652. The van der Waals surface area contributed by atoms with E-state index in [2.05, 4.69) is 36.1 Å². The largest absolute Gasteiger partial charge is 0.500 e. The number of rotatable bonds is 9. The first kappa shape index (κ1) is 16.2. The van der Waals surface area contributed by atoms with Crippen molar-refractivity contribution >= 4 is 14.5 Å². The molecule has 0 saturated carbocycles. The van der Waals surface area contributed by atoms with Gasteiger partial charge in [0.2, 0.25) is 0 Å². The monoisotopic (exact) mass is 283 g/mol. The maximum atomic E-state index is 5.43. The molecule has 1 aromatic rings. The van der Waals surface area contributed by atoms with Crippen LogP contribution >= 0.6 is 0 Å². The number of hydrogen-bond acceptors (Lipinski definition) is 4. The van der Waals surface area contributed by atoms with Crippen molar-refractivity contribution in [1.82, 2.24) is 0 Å². The van der Waals surface area contributed by atoms with Crippen molar-refractivity contribution in [3.63, 3.8) is 0 Å². The Balaban J connectivity index is 2.51. The van der Waals surface area contributed by atoms with E-state index in [1.54, 1.807) is 21.3 Å². The molecule has 0 bridgehead atoms. The molecule has 0 aliphatic heterocycles. The molecule has 0 aliphatic rings. The van der Waals surface area contributed by atoms with Gasteiger partial charge in [0.1, 0.15) is 0 Å². The summed E-state index contributed by atoms with van der Waals surface area (Å²) in [6.45, 7) is 4.14. The number of benzene rings is 1. The summed E-state index contributed by atoms with van der Waals surface area (Å²) in [7, 11) is 2.56. The minimum atomic E-state index is -2.42. The summed E-state index contributed by atoms with van der Waals surface area (Å²) in [5, 5.41) is 0. The fourth-order valence-corrected chi connectivity index (χ4v) is 3.85. The van der Waals surface area contributed by atoms with Crippen molar-refractivity contribution in [1.29, 1.82) is 0 Å². The molecule has 0 fully saturated rings. The van der Waals surface area contributed by atoms with E-state index in [0.717, 1.165) is 25.6 Å². The smallest absolute Gasteiger partial charge is 0.377 e. The average molecular weight is 283 g/mol. The van der Waals surface area contributed by atoms with Gasteiger partial charge in [0, 0.05) is 46.2 Å². The summed E-state index contributed by atoms with van der Waals surface area (Å²) in [5.41, 5.74) is 1.25. The molecule has 108 valence electrons. The van der Waals surface area contributed by atoms with E-state index in [0.29, 0.717) is 0 Å². The Bertz CT molecular complexity index is 336. The van der Waals surface area contributed by atoms with Gasteiger partial charge >= 0.3 is 8.80 Å². The number of anilines is 1. The first-order valence-electron chi connectivity index (χ1n) is 6.66. The molecule has 0 unspecified atom stereocenters. The molecule has 0 radical (unpaired) electrons. The molecule has 4 nitrogen and oxygen atoms in total. The zero-order valence-corrected chi connectivity index (χ0v) is 13.4. The maximum Gasteiger partial charge on any atom is 0.500 e. The molecule has 0 spiro atoms. The van der Waals surface area contributed by atoms with Crippen LogP contribution in [-0.4, -0.2) is 43.2 Å². The van der Waals surface area contributed by atoms with Crippen LogP contribution in [0.1, 0.15) is 13.3 Å². The lowest BCUT2D eigenvalue weighted by Crippen LogP contribution is -2.43. The first-order valence-corrected chi connectivity index (χ1v) is 8.60. The fourth-order valence-electron chi connectivity index (χ4n) is 2.15. The van der Waals surface area contributed by atoms with Crippen molar-refractivity contribution < 1.29 is 13.3 Å². The highest BCUT2D eigenvalue weighted by atomic mass is 28.4. The van der Waals surface area contributed by atoms with E-state index in [-0.39, 0.29) is 0 Å². The lowest BCUT2D eigenvalue weighted by molar-refractivity contribution is 0.123. The van der Waals surface area contributed by atoms with E-state index >= 15 is 0 Å². The molecular weight excluding hydrogens is 258 g/mol. The van der Waals surface area contributed by atoms with Crippen molar-refractivity contribution in [2.75, 3.05) is 39.3 Å². The van der Waals surface area contributed by atoms with Gasteiger partial charge < -0.3 is 18.2 Å². The molecule has 0 amide bonds. The zero-order chi connectivity index (χ0) is 14.1. The van der Waals surface area contributed by atoms with Gasteiger partial charge in [-0.2, -0.15) is 0 Å². The van der Waals surface area contributed by atoms with Crippen LogP contribution in [0.4, 0.5) is 5.69 Å². The Hall–Kier alpha value is -0.883. The average Bonchev–Trinajstić information content (AvgIpc) is 2.49. The van der Waals surface area contributed by atoms with Gasteiger partial charge in [0.25, 0.3) is 0 Å². The standard InChI is InChI=1S/C14H25NO3Si/c1-5-15(14-10-7-6-8-11-14)12-9-13-19(16-2,17-3)18-4/h6-8,10-11H,5,9,12-13H2,1-4H3. The summed E-state index contributed by atoms with van der Waals surface area (Å²) in [6, 6.07) is 11.3. The summed E-state index contributed by atoms with van der Waals surface area (Å²) in [4.78, 5) is 2.35. The minimum absolute atomic E-state index is 0.833. The molecule has 19 heavy (non-hydrogen) atoms. The normalized spacial score (nSPS) is 11.6. The highest BCUT2D eigenvalue weighted by Gasteiger charge is 2.36. The zero-order valence-electron chi connectivity index (χ0n) is 12.4. The van der Waals surface area contributed by atoms with Crippen LogP contribution in [0.3, 0.4) is 0 Å². The fraction of sp³-hybridized carbons (Fsp3) is 0.571. The number of nitrogens with zero attached hydrogens (tertiary/aromatic N) is 1. The third kappa shape index (κ3) is 4.61. The molecule has 1 rings (SSSR count). The lowest BCUT2D eigenvalue weighted by Gasteiger charge is -2.27. The van der Waals surface area contributed by atoms with Crippen molar-refractivity contribution in [3.8, 4) is 0 Å². The molecular formula is C14H25NO3Si. The van der Waals surface area contributed by atoms with Crippen molar-refractivity contribution in [2.45, 2.75) is 19.4 Å². The van der Waals surface area contributed by atoms with Gasteiger partial charge in [-0.25, -0.2) is 0 Å². The van der Waals surface area contributed by atoms with E-state index in [1.807, 2.05) is 6.07 Å². The van der Waals surface area contributed by atoms with Gasteiger partial charge in [-0.05, 0) is 25.5 Å². The summed E-state index contributed by atoms with van der Waals surface area (Å²) < 4.78 is 16.3. The highest BCUT2D eigenvalue weighted by Crippen LogP contribution is 2.18. The Kier molecular flexibility index (Phi) is 7.08. The Morgan fingerprint density at radius 1 is 1.00 bits per heavy atom. The predicted octanol–water partition coefficient (Wildman–Crippen LogP) is 2.78. The minimum Gasteiger partial charge on any atom is -0.377 e. The second kappa shape index (κ2) is 8.32. The van der Waals surface area contributed by atoms with Gasteiger partial charge in [0.15, 0.2) is 0 Å². The molecule has 5 heteroatoms. The highest BCUT2D eigenvalue weighted by molar-refractivity contribution is 6.60. The third-order valence-electron chi connectivity index (χ3n) is 3.35. The molecule has 0 N–H and O–H groups in total. The second-order valence-electron chi connectivity index (χ2n) is 4.31. The van der Waals surface area contributed by atoms with Crippen LogP contribution in [-0.2, 0) is 13.3 Å². The molecule has 0 atom stereocenters. The van der Waals surface area contributed by atoms with Gasteiger partial charge in [-0.1, -0.05) is 18.2 Å². The Labute approximate surface area is 117 Å². The van der Waals surface area contributed by atoms with Crippen LogP contribution in [0.15, 0.2) is 30.3 Å². The maximum absolute atomic E-state index is 5.43. The van der Waals surface area contributed by atoms with Crippen LogP contribution in [0, 0.1) is 0 Å². The summed E-state index contributed by atoms with van der Waals surface area (Å²) in [6.07, 6.45) is 0.991. The van der Waals surface area contributed by atoms with Crippen LogP contribution in [0.2, 0.25) is 6.04 Å². The Morgan fingerprint density at radius 2 is 1.58 bits per heavy atom. The van der Waals surface area contributed by atoms with E-state index < -0.39 is 8.80 Å². The number of hydrogen-bond donors (Lipinski definition) is 0. The van der Waals surface area contributed by atoms with E-state index in [1.165, 1.54) is 5.69 Å². The third-order valence-corrected chi connectivity index (χ3v) is 6.18. The van der Waals surface area contributed by atoms with Crippen LogP contribution in [0.5, 0.6) is 0 Å². The van der Waals surface area contributed by atoms with Crippen LogP contribution < -0.4 is 4.90 Å². The summed E-state index contributed by atoms with van der Waals surface area (Å²) in [5.74, 6) is 0. The van der Waals surface area contributed by atoms with Crippen molar-refractivity contribution in [2.24, 2.45) is 0 Å². The van der Waals surface area contributed by atoms with Gasteiger partial charge in [0.05, 0.1) is 0 Å². The van der Waals surface area contributed by atoms with Crippen LogP contribution in [0.25, 0.3) is 0 Å². The summed E-state index contributed by atoms with van der Waals surface area (Å²) >= 11 is 0. The first-order chi connectivity index (χ1) is 9.21. The molecule has 1 aromatic carbocycles. The molecule has 0 heterocycles. The molecule has 0 saturated heterocycles. The second-order valence-corrected chi connectivity index (χ2v) is 7.40. The van der Waals surface area contributed by atoms with E-state index in [4.69, 9.17) is 13.3 Å². The molecule has 0 aromatic heterocycles. The lowest BCUT2D eigenvalue weighted by atomic mass is 10.3.